The van der Waals surface area contributed by atoms with Crippen LogP contribution in [0.15, 0.2) is 53.7 Å². The Bertz CT molecular complexity index is 1110. The molecule has 0 bridgehead atoms. The Labute approximate surface area is 154 Å². The van der Waals surface area contributed by atoms with Crippen molar-refractivity contribution in [2.75, 3.05) is 13.1 Å². The van der Waals surface area contributed by atoms with Crippen molar-refractivity contribution in [3.8, 4) is 11.9 Å². The molecule has 4 rings (SSSR count). The summed E-state index contributed by atoms with van der Waals surface area (Å²) in [4.78, 5) is 34.7. The normalized spacial score (nSPS) is 13.8. The van der Waals surface area contributed by atoms with Gasteiger partial charge in [0.15, 0.2) is 0 Å². The number of rotatable bonds is 4. The van der Waals surface area contributed by atoms with Crippen molar-refractivity contribution in [2.45, 2.75) is 12.6 Å². The van der Waals surface area contributed by atoms with Crippen molar-refractivity contribution in [3.05, 3.63) is 64.8 Å². The number of benzene rings is 1. The molecule has 3 aromatic rings. The van der Waals surface area contributed by atoms with Gasteiger partial charge in [0.2, 0.25) is 11.8 Å². The number of hydrogen-bond donors (Lipinski definition) is 0. The number of nitriles is 1. The van der Waals surface area contributed by atoms with E-state index in [1.54, 1.807) is 35.2 Å². The maximum Gasteiger partial charge on any atom is 0.261 e. The van der Waals surface area contributed by atoms with Crippen molar-refractivity contribution in [2.24, 2.45) is 0 Å². The third-order valence-corrected chi connectivity index (χ3v) is 4.39. The number of nitrogens with zero attached hydrogens (tertiary/aromatic N) is 5. The van der Waals surface area contributed by atoms with Gasteiger partial charge in [-0.1, -0.05) is 12.1 Å². The van der Waals surface area contributed by atoms with Gasteiger partial charge in [-0.2, -0.15) is 5.26 Å². The summed E-state index contributed by atoms with van der Waals surface area (Å²) in [6.07, 6.45) is 2.73. The standard InChI is InChI=1S/C19H15N5O3/c20-8-13-5-6-21-17(7-13)27-14-9-23(10-14)18(25)11-24-12-22-16-4-2-1-3-15(16)19(24)26/h1-7,12,14H,9-11H2. The van der Waals surface area contributed by atoms with E-state index in [9.17, 15) is 9.59 Å². The smallest absolute Gasteiger partial charge is 0.261 e. The summed E-state index contributed by atoms with van der Waals surface area (Å²) >= 11 is 0. The van der Waals surface area contributed by atoms with E-state index in [4.69, 9.17) is 10.00 Å². The van der Waals surface area contributed by atoms with Crippen molar-refractivity contribution < 1.29 is 9.53 Å². The van der Waals surface area contributed by atoms with Gasteiger partial charge in [-0.15, -0.1) is 0 Å². The number of carbonyl (C=O) groups excluding carboxylic acids is 1. The zero-order valence-electron chi connectivity index (χ0n) is 14.3. The highest BCUT2D eigenvalue weighted by Gasteiger charge is 2.32. The monoisotopic (exact) mass is 361 g/mol. The van der Waals surface area contributed by atoms with Crippen LogP contribution < -0.4 is 10.3 Å². The van der Waals surface area contributed by atoms with Gasteiger partial charge in [0.25, 0.3) is 5.56 Å². The van der Waals surface area contributed by atoms with Crippen LogP contribution in [0.2, 0.25) is 0 Å². The Morgan fingerprint density at radius 3 is 2.89 bits per heavy atom. The Morgan fingerprint density at radius 2 is 2.07 bits per heavy atom. The zero-order chi connectivity index (χ0) is 18.8. The molecule has 0 unspecified atom stereocenters. The minimum absolute atomic E-state index is 0.0639. The van der Waals surface area contributed by atoms with E-state index in [1.807, 2.05) is 12.1 Å². The molecule has 1 aromatic carbocycles. The number of amides is 1. The Kier molecular flexibility index (Phi) is 4.26. The summed E-state index contributed by atoms with van der Waals surface area (Å²) < 4.78 is 6.98. The number of aromatic nitrogens is 3. The zero-order valence-corrected chi connectivity index (χ0v) is 14.3. The number of fused-ring (bicyclic) bond motifs is 1. The molecule has 0 aliphatic carbocycles. The van der Waals surface area contributed by atoms with Crippen LogP contribution in [0.25, 0.3) is 10.9 Å². The Balaban J connectivity index is 1.37. The van der Waals surface area contributed by atoms with Crippen molar-refractivity contribution in [1.82, 2.24) is 19.4 Å². The highest BCUT2D eigenvalue weighted by molar-refractivity contribution is 5.79. The summed E-state index contributed by atoms with van der Waals surface area (Å²) in [5.74, 6) is 0.189. The molecule has 0 radical (unpaired) electrons. The molecule has 2 aromatic heterocycles. The molecule has 1 saturated heterocycles. The van der Waals surface area contributed by atoms with Gasteiger partial charge in [-0.25, -0.2) is 9.97 Å². The van der Waals surface area contributed by atoms with E-state index in [0.717, 1.165) is 0 Å². The third-order valence-electron chi connectivity index (χ3n) is 4.39. The third kappa shape index (κ3) is 3.35. The summed E-state index contributed by atoms with van der Waals surface area (Å²) in [6.45, 7) is 0.756. The lowest BCUT2D eigenvalue weighted by Gasteiger charge is -2.38. The predicted octanol–water partition coefficient (Wildman–Crippen LogP) is 0.953. The second-order valence-corrected chi connectivity index (χ2v) is 6.23. The summed E-state index contributed by atoms with van der Waals surface area (Å²) in [5.41, 5.74) is 0.839. The number of pyridine rings is 1. The van der Waals surface area contributed by atoms with E-state index in [-0.39, 0.29) is 24.1 Å². The van der Waals surface area contributed by atoms with E-state index < -0.39 is 0 Å². The van der Waals surface area contributed by atoms with Crippen LogP contribution in [0.3, 0.4) is 0 Å². The molecule has 134 valence electrons. The van der Waals surface area contributed by atoms with Gasteiger partial charge >= 0.3 is 0 Å². The van der Waals surface area contributed by atoms with Crippen molar-refractivity contribution >= 4 is 16.8 Å². The number of ether oxygens (including phenoxy) is 1. The van der Waals surface area contributed by atoms with Crippen molar-refractivity contribution in [3.63, 3.8) is 0 Å². The molecule has 3 heterocycles. The predicted molar refractivity (Wildman–Crippen MR) is 96.0 cm³/mol. The first kappa shape index (κ1) is 16.7. The van der Waals surface area contributed by atoms with Gasteiger partial charge in [0, 0.05) is 12.3 Å². The molecule has 0 spiro atoms. The summed E-state index contributed by atoms with van der Waals surface area (Å²) in [6, 6.07) is 12.2. The Hall–Kier alpha value is -3.73. The van der Waals surface area contributed by atoms with Crippen LogP contribution in [0.5, 0.6) is 5.88 Å². The van der Waals surface area contributed by atoms with E-state index in [0.29, 0.717) is 35.4 Å². The Morgan fingerprint density at radius 1 is 1.26 bits per heavy atom. The molecular formula is C19H15N5O3. The van der Waals surface area contributed by atoms with Crippen LogP contribution in [-0.4, -0.2) is 44.5 Å². The molecule has 27 heavy (non-hydrogen) atoms. The fourth-order valence-corrected chi connectivity index (χ4v) is 2.89. The second kappa shape index (κ2) is 6.88. The number of carbonyl (C=O) groups is 1. The van der Waals surface area contributed by atoms with E-state index in [2.05, 4.69) is 9.97 Å². The van der Waals surface area contributed by atoms with Gasteiger partial charge in [-0.3, -0.25) is 14.2 Å². The number of hydrogen-bond acceptors (Lipinski definition) is 6. The largest absolute Gasteiger partial charge is 0.471 e. The molecule has 0 saturated carbocycles. The van der Waals surface area contributed by atoms with Crippen LogP contribution in [0.4, 0.5) is 0 Å². The topological polar surface area (TPSA) is 101 Å². The molecule has 1 aliphatic rings. The lowest BCUT2D eigenvalue weighted by atomic mass is 10.1. The summed E-state index contributed by atoms with van der Waals surface area (Å²) in [5, 5.41) is 9.38. The first-order valence-corrected chi connectivity index (χ1v) is 8.39. The van der Waals surface area contributed by atoms with Gasteiger partial charge < -0.3 is 9.64 Å². The fraction of sp³-hybridized carbons (Fsp3) is 0.211. The van der Waals surface area contributed by atoms with Gasteiger partial charge in [0.1, 0.15) is 12.6 Å². The SMILES string of the molecule is N#Cc1ccnc(OC2CN(C(=O)Cn3cnc4ccccc4c3=O)C2)c1. The van der Waals surface area contributed by atoms with Crippen LogP contribution >= 0.6 is 0 Å². The molecular weight excluding hydrogens is 346 g/mol. The first-order chi connectivity index (χ1) is 13.1. The highest BCUT2D eigenvalue weighted by atomic mass is 16.5. The maximum absolute atomic E-state index is 12.5. The second-order valence-electron chi connectivity index (χ2n) is 6.23. The molecule has 1 aliphatic heterocycles. The average molecular weight is 361 g/mol. The van der Waals surface area contributed by atoms with Gasteiger partial charge in [0.05, 0.1) is 42.0 Å². The quantitative estimate of drug-likeness (QED) is 0.686. The molecule has 0 atom stereocenters. The fourth-order valence-electron chi connectivity index (χ4n) is 2.89. The number of likely N-dealkylation sites (tertiary alicyclic amines) is 1. The van der Waals surface area contributed by atoms with Crippen LogP contribution in [0.1, 0.15) is 5.56 Å². The van der Waals surface area contributed by atoms with Crippen LogP contribution in [-0.2, 0) is 11.3 Å². The molecule has 1 amide bonds. The minimum atomic E-state index is -0.236. The van der Waals surface area contributed by atoms with Gasteiger partial charge in [-0.05, 0) is 18.2 Å². The average Bonchev–Trinajstić information content (AvgIpc) is 2.67. The molecule has 1 fully saturated rings. The maximum atomic E-state index is 12.5. The number of para-hydroxylation sites is 1. The highest BCUT2D eigenvalue weighted by Crippen LogP contribution is 2.17. The lowest BCUT2D eigenvalue weighted by Crippen LogP contribution is -2.57. The summed E-state index contributed by atoms with van der Waals surface area (Å²) in [7, 11) is 0. The van der Waals surface area contributed by atoms with E-state index >= 15 is 0 Å². The minimum Gasteiger partial charge on any atom is -0.471 e. The lowest BCUT2D eigenvalue weighted by molar-refractivity contribution is -0.140. The van der Waals surface area contributed by atoms with Crippen molar-refractivity contribution in [1.29, 1.82) is 5.26 Å². The molecule has 8 heteroatoms. The van der Waals surface area contributed by atoms with Crippen LogP contribution in [0, 0.1) is 11.3 Å². The van der Waals surface area contributed by atoms with E-state index in [1.165, 1.54) is 17.1 Å². The first-order valence-electron chi connectivity index (χ1n) is 8.39. The molecule has 8 nitrogen and oxygen atoms in total. The molecule has 0 N–H and O–H groups in total.